The van der Waals surface area contributed by atoms with Crippen molar-refractivity contribution in [2.45, 2.75) is 52.7 Å². The minimum absolute atomic E-state index is 0.214. The predicted octanol–water partition coefficient (Wildman–Crippen LogP) is 4.32. The van der Waals surface area contributed by atoms with E-state index < -0.39 is 12.1 Å². The Morgan fingerprint density at radius 3 is 2.12 bits per heavy atom. The van der Waals surface area contributed by atoms with Gasteiger partial charge in [0.1, 0.15) is 24.4 Å². The van der Waals surface area contributed by atoms with Crippen LogP contribution in [0.25, 0.3) is 0 Å². The molecule has 0 spiro atoms. The van der Waals surface area contributed by atoms with Gasteiger partial charge in [-0.1, -0.05) is 26.0 Å². The van der Waals surface area contributed by atoms with E-state index in [1.54, 1.807) is 38.1 Å². The van der Waals surface area contributed by atoms with Crippen molar-refractivity contribution in [3.63, 3.8) is 0 Å². The van der Waals surface area contributed by atoms with Crippen LogP contribution in [0.3, 0.4) is 0 Å². The Morgan fingerprint density at radius 2 is 1.56 bits per heavy atom. The normalized spacial score (nSPS) is 12.8. The maximum Gasteiger partial charge on any atom is 0.265 e. The number of nitrogens with one attached hydrogen (secondary N) is 2. The molecule has 2 N–H and O–H groups in total. The summed E-state index contributed by atoms with van der Waals surface area (Å²) in [5.41, 5.74) is 3.37. The first kappa shape index (κ1) is 23.0. The number of aromatic nitrogens is 3. The molecular formula is C24H29N5O3. The van der Waals surface area contributed by atoms with Gasteiger partial charge in [0.15, 0.2) is 6.10 Å². The van der Waals surface area contributed by atoms with Crippen LogP contribution in [0.15, 0.2) is 55.1 Å². The highest BCUT2D eigenvalue weighted by Gasteiger charge is 2.19. The number of nitrogens with zero attached hydrogens (tertiary/aromatic N) is 3. The lowest BCUT2D eigenvalue weighted by Crippen LogP contribution is -2.30. The van der Waals surface area contributed by atoms with Gasteiger partial charge in [-0.15, -0.1) is 0 Å². The third kappa shape index (κ3) is 5.72. The molecule has 0 aliphatic carbocycles. The highest BCUT2D eigenvalue weighted by Crippen LogP contribution is 2.28. The fraction of sp³-hybridized carbons (Fsp3) is 0.333. The predicted molar refractivity (Wildman–Crippen MR) is 124 cm³/mol. The van der Waals surface area contributed by atoms with Crippen molar-refractivity contribution < 1.29 is 14.3 Å². The number of carbonyl (C=O) groups is 2. The van der Waals surface area contributed by atoms with E-state index in [1.165, 1.54) is 17.3 Å². The highest BCUT2D eigenvalue weighted by atomic mass is 16.5. The molecule has 3 aromatic rings. The largest absolute Gasteiger partial charge is 0.481 e. The highest BCUT2D eigenvalue weighted by molar-refractivity contribution is 5.95. The molecule has 1 aromatic heterocycles. The second-order valence-electron chi connectivity index (χ2n) is 8.06. The Bertz CT molecular complexity index is 1060. The number of rotatable bonds is 8. The van der Waals surface area contributed by atoms with Gasteiger partial charge in [0, 0.05) is 11.4 Å². The first-order valence-corrected chi connectivity index (χ1v) is 10.6. The zero-order valence-corrected chi connectivity index (χ0v) is 19.0. The molecule has 0 saturated heterocycles. The molecule has 0 aliphatic rings. The van der Waals surface area contributed by atoms with Crippen LogP contribution in [0.1, 0.15) is 50.8 Å². The van der Waals surface area contributed by atoms with Gasteiger partial charge in [-0.3, -0.25) is 9.59 Å². The number of hydrogen-bond donors (Lipinski definition) is 2. The van der Waals surface area contributed by atoms with E-state index in [-0.39, 0.29) is 17.7 Å². The lowest BCUT2D eigenvalue weighted by Gasteiger charge is -2.19. The van der Waals surface area contributed by atoms with Gasteiger partial charge in [0.2, 0.25) is 5.91 Å². The fourth-order valence-corrected chi connectivity index (χ4v) is 3.13. The molecule has 2 amide bonds. The summed E-state index contributed by atoms with van der Waals surface area (Å²) >= 11 is 0. The molecule has 32 heavy (non-hydrogen) atoms. The Hall–Kier alpha value is -3.68. The van der Waals surface area contributed by atoms with Gasteiger partial charge in [-0.25, -0.2) is 9.67 Å². The van der Waals surface area contributed by atoms with Crippen LogP contribution in [0.2, 0.25) is 0 Å². The minimum Gasteiger partial charge on any atom is -0.481 e. The minimum atomic E-state index is -0.669. The van der Waals surface area contributed by atoms with Crippen molar-refractivity contribution in [2.75, 3.05) is 10.6 Å². The van der Waals surface area contributed by atoms with E-state index >= 15 is 0 Å². The molecule has 0 radical (unpaired) electrons. The molecule has 2 atom stereocenters. The van der Waals surface area contributed by atoms with Gasteiger partial charge >= 0.3 is 0 Å². The summed E-state index contributed by atoms with van der Waals surface area (Å²) in [6, 6.07) is 12.5. The number of amides is 2. The van der Waals surface area contributed by atoms with Crippen LogP contribution in [0.4, 0.5) is 11.4 Å². The molecule has 0 saturated carbocycles. The molecule has 2 unspecified atom stereocenters. The van der Waals surface area contributed by atoms with E-state index in [1.807, 2.05) is 25.1 Å². The van der Waals surface area contributed by atoms with Crippen LogP contribution in [0.5, 0.6) is 5.75 Å². The van der Waals surface area contributed by atoms with E-state index in [2.05, 4.69) is 34.6 Å². The van der Waals surface area contributed by atoms with Crippen LogP contribution < -0.4 is 15.4 Å². The molecule has 1 heterocycles. The van der Waals surface area contributed by atoms with Gasteiger partial charge < -0.3 is 15.4 Å². The zero-order chi connectivity index (χ0) is 23.3. The number of carbonyl (C=O) groups excluding carboxylic acids is 2. The molecule has 8 nitrogen and oxygen atoms in total. The quantitative estimate of drug-likeness (QED) is 0.549. The van der Waals surface area contributed by atoms with Crippen molar-refractivity contribution in [1.29, 1.82) is 0 Å². The van der Waals surface area contributed by atoms with Crippen LogP contribution in [0, 0.1) is 6.92 Å². The lowest BCUT2D eigenvalue weighted by molar-refractivity contribution is -0.122. The molecule has 0 bridgehead atoms. The van der Waals surface area contributed by atoms with Crippen molar-refractivity contribution in [1.82, 2.24) is 14.8 Å². The molecule has 0 aliphatic heterocycles. The summed E-state index contributed by atoms with van der Waals surface area (Å²) in [4.78, 5) is 28.8. The molecule has 3 rings (SSSR count). The topological polar surface area (TPSA) is 98.1 Å². The van der Waals surface area contributed by atoms with E-state index in [0.717, 1.165) is 16.9 Å². The van der Waals surface area contributed by atoms with Gasteiger partial charge in [0.25, 0.3) is 5.91 Å². The Morgan fingerprint density at radius 1 is 0.938 bits per heavy atom. The first-order chi connectivity index (χ1) is 15.2. The number of benzene rings is 2. The lowest BCUT2D eigenvalue weighted by atomic mass is 10.0. The molecule has 2 aromatic carbocycles. The van der Waals surface area contributed by atoms with Gasteiger partial charge in [-0.2, -0.15) is 5.10 Å². The summed E-state index contributed by atoms with van der Waals surface area (Å²) < 4.78 is 7.45. The monoisotopic (exact) mass is 435 g/mol. The first-order valence-electron chi connectivity index (χ1n) is 10.6. The number of ether oxygens (including phenoxy) is 1. The molecule has 0 fully saturated rings. The fourth-order valence-electron chi connectivity index (χ4n) is 3.13. The van der Waals surface area contributed by atoms with Gasteiger partial charge in [0.05, 0.1) is 0 Å². The molecular weight excluding hydrogens is 406 g/mol. The Labute approximate surface area is 188 Å². The maximum absolute atomic E-state index is 12.6. The van der Waals surface area contributed by atoms with Crippen LogP contribution in [-0.4, -0.2) is 32.7 Å². The summed E-state index contributed by atoms with van der Waals surface area (Å²) in [5.74, 6) is 0.546. The summed E-state index contributed by atoms with van der Waals surface area (Å²) in [6.07, 6.45) is 2.21. The number of anilines is 2. The molecule has 168 valence electrons. The van der Waals surface area contributed by atoms with Crippen LogP contribution in [-0.2, 0) is 9.59 Å². The Balaban J connectivity index is 1.58. The van der Waals surface area contributed by atoms with Crippen molar-refractivity contribution in [3.8, 4) is 5.75 Å². The van der Waals surface area contributed by atoms with E-state index in [9.17, 15) is 9.59 Å². The summed E-state index contributed by atoms with van der Waals surface area (Å²) in [6.45, 7) is 9.64. The second kappa shape index (κ2) is 10.1. The van der Waals surface area contributed by atoms with Gasteiger partial charge in [-0.05, 0) is 68.1 Å². The Kier molecular flexibility index (Phi) is 7.25. The van der Waals surface area contributed by atoms with Crippen molar-refractivity contribution in [3.05, 3.63) is 66.2 Å². The average Bonchev–Trinajstić information content (AvgIpc) is 3.29. The van der Waals surface area contributed by atoms with E-state index in [0.29, 0.717) is 11.4 Å². The second-order valence-corrected chi connectivity index (χ2v) is 8.06. The summed E-state index contributed by atoms with van der Waals surface area (Å²) in [7, 11) is 0. The smallest absolute Gasteiger partial charge is 0.265 e. The third-order valence-electron chi connectivity index (χ3n) is 5.10. The molecule has 8 heteroatoms. The standard InChI is InChI=1S/C24H29N5O3/c1-15(2)21-11-6-16(3)12-22(21)32-18(5)24(31)28-20-9-7-19(8-10-20)27-23(30)17(4)29-14-25-13-26-29/h6-15,17-18H,1-5H3,(H,27,30)(H,28,31). The summed E-state index contributed by atoms with van der Waals surface area (Å²) in [5, 5.41) is 9.65. The van der Waals surface area contributed by atoms with Crippen LogP contribution >= 0.6 is 0 Å². The van der Waals surface area contributed by atoms with E-state index in [4.69, 9.17) is 4.74 Å². The SMILES string of the molecule is Cc1ccc(C(C)C)c(OC(C)C(=O)Nc2ccc(NC(=O)C(C)n3cncn3)cc2)c1. The third-order valence-corrected chi connectivity index (χ3v) is 5.10. The van der Waals surface area contributed by atoms with Crippen molar-refractivity contribution in [2.24, 2.45) is 0 Å². The average molecular weight is 436 g/mol. The maximum atomic E-state index is 12.6. The number of aryl methyl sites for hydroxylation is 1. The zero-order valence-electron chi connectivity index (χ0n) is 19.0. The number of hydrogen-bond acceptors (Lipinski definition) is 5. The van der Waals surface area contributed by atoms with Crippen molar-refractivity contribution >= 4 is 23.2 Å².